The minimum Gasteiger partial charge on any atom is -0.315 e. The van der Waals surface area contributed by atoms with Gasteiger partial charge in [-0.15, -0.1) is 11.3 Å². The van der Waals surface area contributed by atoms with Gasteiger partial charge in [0.1, 0.15) is 0 Å². The van der Waals surface area contributed by atoms with Crippen molar-refractivity contribution in [3.05, 3.63) is 22.4 Å². The van der Waals surface area contributed by atoms with Crippen LogP contribution in [0.1, 0.15) is 38.5 Å². The molecule has 1 N–H and O–H groups in total. The van der Waals surface area contributed by atoms with Crippen molar-refractivity contribution < 1.29 is 0 Å². The van der Waals surface area contributed by atoms with Gasteiger partial charge in [0, 0.05) is 24.5 Å². The van der Waals surface area contributed by atoms with Crippen LogP contribution in [-0.4, -0.2) is 37.6 Å². The Hall–Kier alpha value is -0.380. The lowest BCUT2D eigenvalue weighted by Gasteiger charge is -2.38. The van der Waals surface area contributed by atoms with Gasteiger partial charge in [-0.05, 0) is 55.1 Å². The topological polar surface area (TPSA) is 15.3 Å². The zero-order valence-electron chi connectivity index (χ0n) is 13.3. The smallest absolute Gasteiger partial charge is 0.0107 e. The van der Waals surface area contributed by atoms with Gasteiger partial charge in [-0.1, -0.05) is 26.8 Å². The molecule has 0 atom stereocenters. The first-order valence-electron chi connectivity index (χ1n) is 8.01. The highest BCUT2D eigenvalue weighted by Gasteiger charge is 2.28. The number of hydrogen-bond donors (Lipinski definition) is 1. The summed E-state index contributed by atoms with van der Waals surface area (Å²) in [5.74, 6) is 0.908. The van der Waals surface area contributed by atoms with Crippen molar-refractivity contribution in [2.75, 3.05) is 32.7 Å². The standard InChI is InChI=1S/C17H30N2S/c1-17(2,3)15-7-11-19(12-8-15)13-10-18-9-6-16-5-4-14-20-16/h4-5,14-15,18H,6-13H2,1-3H3. The molecule has 1 aliphatic rings. The molecule has 0 bridgehead atoms. The van der Waals surface area contributed by atoms with E-state index in [1.807, 2.05) is 11.3 Å². The molecule has 0 radical (unpaired) electrons. The molecule has 1 aromatic heterocycles. The van der Waals surface area contributed by atoms with Gasteiger partial charge >= 0.3 is 0 Å². The van der Waals surface area contributed by atoms with Crippen molar-refractivity contribution in [3.8, 4) is 0 Å². The lowest BCUT2D eigenvalue weighted by atomic mass is 9.75. The number of likely N-dealkylation sites (tertiary alicyclic amines) is 1. The molecule has 2 nitrogen and oxygen atoms in total. The van der Waals surface area contributed by atoms with Gasteiger partial charge in [-0.3, -0.25) is 0 Å². The maximum absolute atomic E-state index is 3.58. The Kier molecular flexibility index (Phi) is 6.06. The Balaban J connectivity index is 1.53. The van der Waals surface area contributed by atoms with Crippen LogP contribution in [0.15, 0.2) is 17.5 Å². The molecular formula is C17H30N2S. The lowest BCUT2D eigenvalue weighted by Crippen LogP contribution is -2.41. The fraction of sp³-hybridized carbons (Fsp3) is 0.765. The molecule has 0 saturated carbocycles. The summed E-state index contributed by atoms with van der Waals surface area (Å²) in [5, 5.41) is 5.74. The van der Waals surface area contributed by atoms with E-state index in [0.717, 1.165) is 19.0 Å². The van der Waals surface area contributed by atoms with Crippen LogP contribution in [0.5, 0.6) is 0 Å². The predicted octanol–water partition coefficient (Wildman–Crippen LogP) is 3.64. The Bertz CT molecular complexity index is 359. The van der Waals surface area contributed by atoms with Gasteiger partial charge in [-0.25, -0.2) is 0 Å². The van der Waals surface area contributed by atoms with E-state index in [1.165, 1.54) is 43.8 Å². The number of hydrogen-bond acceptors (Lipinski definition) is 3. The molecule has 3 heteroatoms. The first-order chi connectivity index (χ1) is 9.55. The first-order valence-corrected chi connectivity index (χ1v) is 8.89. The second-order valence-corrected chi connectivity index (χ2v) is 8.09. The van der Waals surface area contributed by atoms with Crippen LogP contribution in [0.3, 0.4) is 0 Å². The number of piperidine rings is 1. The van der Waals surface area contributed by atoms with Crippen LogP contribution < -0.4 is 5.32 Å². The van der Waals surface area contributed by atoms with Crippen molar-refractivity contribution >= 4 is 11.3 Å². The quantitative estimate of drug-likeness (QED) is 0.806. The van der Waals surface area contributed by atoms with Crippen molar-refractivity contribution in [2.45, 2.75) is 40.0 Å². The SMILES string of the molecule is CC(C)(C)C1CCN(CCNCCc2cccs2)CC1. The normalized spacial score (nSPS) is 18.6. The highest BCUT2D eigenvalue weighted by Crippen LogP contribution is 2.33. The van der Waals surface area contributed by atoms with E-state index >= 15 is 0 Å². The molecule has 1 fully saturated rings. The Morgan fingerprint density at radius 3 is 2.60 bits per heavy atom. The molecule has 1 aliphatic heterocycles. The molecule has 114 valence electrons. The van der Waals surface area contributed by atoms with Crippen LogP contribution in [0.25, 0.3) is 0 Å². The van der Waals surface area contributed by atoms with E-state index in [4.69, 9.17) is 0 Å². The van der Waals surface area contributed by atoms with E-state index in [1.54, 1.807) is 0 Å². The molecule has 2 heterocycles. The Morgan fingerprint density at radius 2 is 2.00 bits per heavy atom. The minimum atomic E-state index is 0.491. The maximum Gasteiger partial charge on any atom is 0.0107 e. The fourth-order valence-electron chi connectivity index (χ4n) is 3.05. The third kappa shape index (κ3) is 5.19. The highest BCUT2D eigenvalue weighted by atomic mass is 32.1. The Labute approximate surface area is 128 Å². The van der Waals surface area contributed by atoms with Crippen molar-refractivity contribution in [3.63, 3.8) is 0 Å². The van der Waals surface area contributed by atoms with Crippen LogP contribution in [-0.2, 0) is 6.42 Å². The van der Waals surface area contributed by atoms with Gasteiger partial charge in [0.2, 0.25) is 0 Å². The number of nitrogens with zero attached hydrogens (tertiary/aromatic N) is 1. The average Bonchev–Trinajstić information content (AvgIpc) is 2.91. The van der Waals surface area contributed by atoms with Crippen LogP contribution >= 0.6 is 11.3 Å². The molecule has 0 aliphatic carbocycles. The minimum absolute atomic E-state index is 0.491. The Morgan fingerprint density at radius 1 is 1.25 bits per heavy atom. The predicted molar refractivity (Wildman–Crippen MR) is 89.5 cm³/mol. The molecular weight excluding hydrogens is 264 g/mol. The third-order valence-electron chi connectivity index (χ3n) is 4.55. The first kappa shape index (κ1) is 16.0. The average molecular weight is 295 g/mol. The van der Waals surface area contributed by atoms with Crippen LogP contribution in [0.2, 0.25) is 0 Å². The molecule has 0 unspecified atom stereocenters. The number of thiophene rings is 1. The number of rotatable bonds is 6. The van der Waals surface area contributed by atoms with Crippen LogP contribution in [0.4, 0.5) is 0 Å². The molecule has 20 heavy (non-hydrogen) atoms. The van der Waals surface area contributed by atoms with Gasteiger partial charge in [0.25, 0.3) is 0 Å². The summed E-state index contributed by atoms with van der Waals surface area (Å²) in [5.41, 5.74) is 0.491. The molecule has 2 rings (SSSR count). The van der Waals surface area contributed by atoms with E-state index < -0.39 is 0 Å². The zero-order valence-corrected chi connectivity index (χ0v) is 14.1. The second-order valence-electron chi connectivity index (χ2n) is 7.06. The fourth-order valence-corrected chi connectivity index (χ4v) is 3.76. The molecule has 1 aromatic rings. The maximum atomic E-state index is 3.58. The van der Waals surface area contributed by atoms with E-state index in [9.17, 15) is 0 Å². The molecule has 1 saturated heterocycles. The summed E-state index contributed by atoms with van der Waals surface area (Å²) < 4.78 is 0. The lowest BCUT2D eigenvalue weighted by molar-refractivity contribution is 0.113. The summed E-state index contributed by atoms with van der Waals surface area (Å²) in [6.45, 7) is 13.2. The van der Waals surface area contributed by atoms with E-state index in [-0.39, 0.29) is 0 Å². The summed E-state index contributed by atoms with van der Waals surface area (Å²) in [6, 6.07) is 4.36. The second kappa shape index (κ2) is 7.58. The van der Waals surface area contributed by atoms with Crippen molar-refractivity contribution in [1.82, 2.24) is 10.2 Å². The largest absolute Gasteiger partial charge is 0.315 e. The van der Waals surface area contributed by atoms with Crippen molar-refractivity contribution in [1.29, 1.82) is 0 Å². The van der Waals surface area contributed by atoms with E-state index in [2.05, 4.69) is 48.5 Å². The van der Waals surface area contributed by atoms with Gasteiger partial charge in [-0.2, -0.15) is 0 Å². The molecule has 0 amide bonds. The number of nitrogens with one attached hydrogen (secondary N) is 1. The van der Waals surface area contributed by atoms with Gasteiger partial charge in [0.05, 0.1) is 0 Å². The highest BCUT2D eigenvalue weighted by molar-refractivity contribution is 7.09. The van der Waals surface area contributed by atoms with Crippen LogP contribution in [0, 0.1) is 11.3 Å². The molecule has 0 aromatic carbocycles. The third-order valence-corrected chi connectivity index (χ3v) is 5.48. The van der Waals surface area contributed by atoms with Crippen molar-refractivity contribution in [2.24, 2.45) is 11.3 Å². The van der Waals surface area contributed by atoms with Gasteiger partial charge in [0.15, 0.2) is 0 Å². The zero-order chi connectivity index (χ0) is 14.4. The summed E-state index contributed by atoms with van der Waals surface area (Å²) in [4.78, 5) is 4.11. The summed E-state index contributed by atoms with van der Waals surface area (Å²) >= 11 is 1.86. The summed E-state index contributed by atoms with van der Waals surface area (Å²) in [7, 11) is 0. The van der Waals surface area contributed by atoms with E-state index in [0.29, 0.717) is 5.41 Å². The van der Waals surface area contributed by atoms with Gasteiger partial charge < -0.3 is 10.2 Å². The summed E-state index contributed by atoms with van der Waals surface area (Å²) in [6.07, 6.45) is 3.92. The molecule has 0 spiro atoms. The monoisotopic (exact) mass is 294 g/mol.